The summed E-state index contributed by atoms with van der Waals surface area (Å²) >= 11 is 0. The van der Waals surface area contributed by atoms with Gasteiger partial charge in [0.2, 0.25) is 0 Å². The van der Waals surface area contributed by atoms with Crippen LogP contribution >= 0.6 is 0 Å². The molecule has 3 unspecified atom stereocenters. The molecule has 5 rings (SSSR count). The Morgan fingerprint density at radius 2 is 1.43 bits per heavy atom. The van der Waals surface area contributed by atoms with Gasteiger partial charge in [-0.25, -0.2) is 0 Å². The van der Waals surface area contributed by atoms with Crippen molar-refractivity contribution in [1.82, 2.24) is 0 Å². The highest BCUT2D eigenvalue weighted by Gasteiger charge is 2.68. The van der Waals surface area contributed by atoms with Crippen LogP contribution in [0.25, 0.3) is 0 Å². The SMILES string of the molecule is CC(=O)OC1CC[C@]2(C)C3CC[C@@]4(C)C(=CC(=O)[C@@]5(C)CC[C@@H](C)[C@H](C)C45)[C@]3(C)CC[C@H]2C1(C)C. The first-order chi connectivity index (χ1) is 16.1. The monoisotopic (exact) mass is 482 g/mol. The van der Waals surface area contributed by atoms with E-state index >= 15 is 0 Å². The summed E-state index contributed by atoms with van der Waals surface area (Å²) in [6, 6.07) is 0. The molecule has 0 heterocycles. The van der Waals surface area contributed by atoms with Crippen molar-refractivity contribution in [2.75, 3.05) is 0 Å². The Kier molecular flexibility index (Phi) is 5.62. The van der Waals surface area contributed by atoms with E-state index in [1.54, 1.807) is 6.92 Å². The van der Waals surface area contributed by atoms with Gasteiger partial charge in [-0.05, 0) is 103 Å². The molecule has 0 N–H and O–H groups in total. The van der Waals surface area contributed by atoms with Crippen molar-refractivity contribution >= 4 is 11.8 Å². The topological polar surface area (TPSA) is 43.4 Å². The van der Waals surface area contributed by atoms with Gasteiger partial charge >= 0.3 is 5.97 Å². The molecular weight excluding hydrogens is 432 g/mol. The number of fused-ring (bicyclic) bond motifs is 7. The van der Waals surface area contributed by atoms with E-state index in [-0.39, 0.29) is 39.1 Å². The number of hydrogen-bond acceptors (Lipinski definition) is 3. The van der Waals surface area contributed by atoms with Gasteiger partial charge in [-0.15, -0.1) is 0 Å². The summed E-state index contributed by atoms with van der Waals surface area (Å²) in [5.74, 6) is 3.11. The van der Waals surface area contributed by atoms with Gasteiger partial charge in [-0.1, -0.05) is 61.0 Å². The van der Waals surface area contributed by atoms with Crippen molar-refractivity contribution in [3.8, 4) is 0 Å². The van der Waals surface area contributed by atoms with Crippen molar-refractivity contribution in [3.63, 3.8) is 0 Å². The van der Waals surface area contributed by atoms with Crippen LogP contribution in [0.15, 0.2) is 11.6 Å². The molecule has 4 saturated carbocycles. The Morgan fingerprint density at radius 3 is 2.09 bits per heavy atom. The molecule has 0 spiro atoms. The van der Waals surface area contributed by atoms with E-state index in [4.69, 9.17) is 4.74 Å². The average Bonchev–Trinajstić information content (AvgIpc) is 2.74. The van der Waals surface area contributed by atoms with Gasteiger partial charge < -0.3 is 4.74 Å². The van der Waals surface area contributed by atoms with Crippen LogP contribution in [0.3, 0.4) is 0 Å². The third-order valence-corrected chi connectivity index (χ3v) is 13.2. The smallest absolute Gasteiger partial charge is 0.302 e. The Hall–Kier alpha value is -1.12. The molecule has 5 aliphatic carbocycles. The maximum atomic E-state index is 13.9. The molecule has 0 bridgehead atoms. The fourth-order valence-electron chi connectivity index (χ4n) is 11.5. The number of esters is 1. The van der Waals surface area contributed by atoms with E-state index in [2.05, 4.69) is 61.5 Å². The van der Waals surface area contributed by atoms with Gasteiger partial charge in [0, 0.05) is 17.8 Å². The summed E-state index contributed by atoms with van der Waals surface area (Å²) in [6.07, 6.45) is 11.3. The molecule has 4 fully saturated rings. The van der Waals surface area contributed by atoms with Crippen LogP contribution in [-0.4, -0.2) is 17.9 Å². The molecule has 3 nitrogen and oxygen atoms in total. The van der Waals surface area contributed by atoms with Crippen molar-refractivity contribution in [3.05, 3.63) is 11.6 Å². The lowest BCUT2D eigenvalue weighted by Gasteiger charge is -2.70. The van der Waals surface area contributed by atoms with Crippen LogP contribution in [-0.2, 0) is 14.3 Å². The normalized spacial score (nSPS) is 52.8. The zero-order chi connectivity index (χ0) is 25.8. The van der Waals surface area contributed by atoms with E-state index in [0.717, 1.165) is 32.1 Å². The maximum absolute atomic E-state index is 13.9. The van der Waals surface area contributed by atoms with Gasteiger partial charge in [-0.2, -0.15) is 0 Å². The van der Waals surface area contributed by atoms with E-state index in [1.165, 1.54) is 24.8 Å². The number of carbonyl (C=O) groups is 2. The van der Waals surface area contributed by atoms with E-state index < -0.39 is 0 Å². The van der Waals surface area contributed by atoms with Crippen LogP contribution in [0.5, 0.6) is 0 Å². The first-order valence-electron chi connectivity index (χ1n) is 14.6. The number of allylic oxidation sites excluding steroid dienone is 2. The summed E-state index contributed by atoms with van der Waals surface area (Å²) in [5.41, 5.74) is 1.71. The first kappa shape index (κ1) is 25.5. The first-order valence-corrected chi connectivity index (χ1v) is 14.6. The number of ketones is 1. The lowest BCUT2D eigenvalue weighted by molar-refractivity contribution is -0.199. The van der Waals surface area contributed by atoms with E-state index in [9.17, 15) is 9.59 Å². The molecule has 3 heteroatoms. The molecule has 5 aliphatic rings. The minimum absolute atomic E-state index is 0.0112. The van der Waals surface area contributed by atoms with Gasteiger partial charge in [0.25, 0.3) is 0 Å². The largest absolute Gasteiger partial charge is 0.462 e. The second kappa shape index (κ2) is 7.70. The Morgan fingerprint density at radius 1 is 0.829 bits per heavy atom. The molecule has 196 valence electrons. The van der Waals surface area contributed by atoms with Crippen LogP contribution in [0.1, 0.15) is 114 Å². The molecule has 0 aromatic rings. The highest BCUT2D eigenvalue weighted by Crippen LogP contribution is 2.74. The number of carbonyl (C=O) groups excluding carboxylic acids is 2. The van der Waals surface area contributed by atoms with Gasteiger partial charge in [0.05, 0.1) is 0 Å². The number of hydrogen-bond donors (Lipinski definition) is 0. The minimum Gasteiger partial charge on any atom is -0.462 e. The second-order valence-corrected chi connectivity index (χ2v) is 15.2. The lowest BCUT2D eigenvalue weighted by Crippen LogP contribution is -2.64. The molecule has 0 aromatic heterocycles. The fraction of sp³-hybridized carbons (Fsp3) is 0.875. The Balaban J connectivity index is 1.56. The highest BCUT2D eigenvalue weighted by atomic mass is 16.5. The summed E-state index contributed by atoms with van der Waals surface area (Å²) in [4.78, 5) is 25.8. The number of ether oxygens (including phenoxy) is 1. The zero-order valence-electron chi connectivity index (χ0n) is 23.9. The molecule has 10 atom stereocenters. The molecule has 0 radical (unpaired) electrons. The average molecular weight is 483 g/mol. The standard InChI is InChI=1S/C32H50O3/c1-19-10-14-32(9)25(34)18-24-30(7)15-11-22-28(4,5)26(35-21(3)33)13-17-29(22,6)23(30)12-16-31(24,8)27(32)20(19)2/h18-20,22-23,26-27H,10-17H2,1-9H3/t19-,20+,22+,23?,26?,27?,29+,30-,31+,32-/m1/s1. The van der Waals surface area contributed by atoms with Crippen molar-refractivity contribution < 1.29 is 14.3 Å². The predicted octanol–water partition coefficient (Wildman–Crippen LogP) is 7.77. The van der Waals surface area contributed by atoms with Crippen LogP contribution < -0.4 is 0 Å². The molecule has 0 aromatic carbocycles. The van der Waals surface area contributed by atoms with Gasteiger partial charge in [0.15, 0.2) is 5.78 Å². The third-order valence-electron chi connectivity index (χ3n) is 13.2. The van der Waals surface area contributed by atoms with Gasteiger partial charge in [0.1, 0.15) is 6.10 Å². The summed E-state index contributed by atoms with van der Waals surface area (Å²) < 4.78 is 5.87. The predicted molar refractivity (Wildman–Crippen MR) is 141 cm³/mol. The van der Waals surface area contributed by atoms with Crippen LogP contribution in [0, 0.1) is 56.7 Å². The van der Waals surface area contributed by atoms with Crippen molar-refractivity contribution in [2.45, 2.75) is 120 Å². The Labute approximate surface area is 214 Å². The molecule has 0 amide bonds. The summed E-state index contributed by atoms with van der Waals surface area (Å²) in [5, 5.41) is 0. The molecule has 35 heavy (non-hydrogen) atoms. The maximum Gasteiger partial charge on any atom is 0.302 e. The summed E-state index contributed by atoms with van der Waals surface area (Å²) in [7, 11) is 0. The van der Waals surface area contributed by atoms with Crippen LogP contribution in [0.2, 0.25) is 0 Å². The zero-order valence-corrected chi connectivity index (χ0v) is 23.9. The van der Waals surface area contributed by atoms with E-state index in [1.807, 2.05) is 0 Å². The molecule has 0 aliphatic heterocycles. The van der Waals surface area contributed by atoms with Crippen molar-refractivity contribution in [1.29, 1.82) is 0 Å². The third kappa shape index (κ3) is 3.21. The van der Waals surface area contributed by atoms with E-state index in [0.29, 0.717) is 35.4 Å². The molecular formula is C32H50O3. The fourth-order valence-corrected chi connectivity index (χ4v) is 11.5. The minimum atomic E-state index is -0.196. The molecule has 0 saturated heterocycles. The Bertz CT molecular complexity index is 962. The quantitative estimate of drug-likeness (QED) is 0.358. The van der Waals surface area contributed by atoms with Crippen molar-refractivity contribution in [2.24, 2.45) is 56.7 Å². The number of rotatable bonds is 1. The highest BCUT2D eigenvalue weighted by molar-refractivity contribution is 5.97. The second-order valence-electron chi connectivity index (χ2n) is 15.2. The van der Waals surface area contributed by atoms with Crippen LogP contribution in [0.4, 0.5) is 0 Å². The van der Waals surface area contributed by atoms with Gasteiger partial charge in [-0.3, -0.25) is 9.59 Å². The lowest BCUT2D eigenvalue weighted by atomic mass is 9.34. The summed E-state index contributed by atoms with van der Waals surface area (Å²) in [6.45, 7) is 21.0.